The van der Waals surface area contributed by atoms with Crippen LogP contribution in [0, 0.1) is 0 Å². The van der Waals surface area contributed by atoms with E-state index < -0.39 is 0 Å². The van der Waals surface area contributed by atoms with Gasteiger partial charge in [0.25, 0.3) is 0 Å². The monoisotopic (exact) mass is 225 g/mol. The maximum atomic E-state index is 6.32. The van der Waals surface area contributed by atoms with Crippen molar-refractivity contribution in [1.29, 1.82) is 0 Å². The first kappa shape index (κ1) is 10.9. The second kappa shape index (κ2) is 4.95. The average Bonchev–Trinajstić information content (AvgIpc) is 2.66. The van der Waals surface area contributed by atoms with Crippen LogP contribution in [0.3, 0.4) is 0 Å². The molecule has 0 spiro atoms. The van der Waals surface area contributed by atoms with Crippen LogP contribution in [-0.2, 0) is 11.2 Å². The molecule has 0 saturated carbocycles. The molecular formula is C12H16ClNO. The zero-order valence-corrected chi connectivity index (χ0v) is 9.65. The number of nitrogens with zero attached hydrogens (tertiary/aromatic N) is 1. The van der Waals surface area contributed by atoms with Gasteiger partial charge in [0.1, 0.15) is 0 Å². The van der Waals surface area contributed by atoms with Gasteiger partial charge in [-0.1, -0.05) is 6.07 Å². The summed E-state index contributed by atoms with van der Waals surface area (Å²) >= 11 is 6.32. The Morgan fingerprint density at radius 3 is 3.00 bits per heavy atom. The lowest BCUT2D eigenvalue weighted by atomic mass is 10.1. The number of hydrogen-bond acceptors (Lipinski definition) is 2. The van der Waals surface area contributed by atoms with Gasteiger partial charge in [0.15, 0.2) is 0 Å². The van der Waals surface area contributed by atoms with Crippen LogP contribution in [0.15, 0.2) is 24.4 Å². The van der Waals surface area contributed by atoms with Gasteiger partial charge in [0.2, 0.25) is 0 Å². The van der Waals surface area contributed by atoms with E-state index in [-0.39, 0.29) is 11.5 Å². The van der Waals surface area contributed by atoms with E-state index in [0.29, 0.717) is 6.10 Å². The summed E-state index contributed by atoms with van der Waals surface area (Å²) in [6, 6.07) is 5.92. The summed E-state index contributed by atoms with van der Waals surface area (Å²) in [6.07, 6.45) is 5.35. The summed E-state index contributed by atoms with van der Waals surface area (Å²) in [5.41, 5.74) is 1.04. The molecule has 3 heteroatoms. The summed E-state index contributed by atoms with van der Waals surface area (Å²) in [5, 5.41) is 0.0462. The fourth-order valence-corrected chi connectivity index (χ4v) is 2.29. The van der Waals surface area contributed by atoms with E-state index in [2.05, 4.69) is 11.9 Å². The quantitative estimate of drug-likeness (QED) is 0.738. The third-order valence-electron chi connectivity index (χ3n) is 2.80. The van der Waals surface area contributed by atoms with E-state index in [1.54, 1.807) is 6.20 Å². The zero-order chi connectivity index (χ0) is 10.7. The van der Waals surface area contributed by atoms with Crippen molar-refractivity contribution >= 4 is 11.6 Å². The van der Waals surface area contributed by atoms with Crippen molar-refractivity contribution in [2.24, 2.45) is 0 Å². The van der Waals surface area contributed by atoms with Crippen LogP contribution in [0.2, 0.25) is 0 Å². The number of alkyl halides is 1. The molecule has 82 valence electrons. The van der Waals surface area contributed by atoms with Crippen molar-refractivity contribution in [1.82, 2.24) is 4.98 Å². The topological polar surface area (TPSA) is 22.1 Å². The molecule has 0 bridgehead atoms. The third kappa shape index (κ3) is 2.93. The van der Waals surface area contributed by atoms with Gasteiger partial charge in [0, 0.05) is 18.3 Å². The second-order valence-electron chi connectivity index (χ2n) is 4.10. The smallest absolute Gasteiger partial charge is 0.0747 e. The maximum Gasteiger partial charge on any atom is 0.0747 e. The van der Waals surface area contributed by atoms with E-state index >= 15 is 0 Å². The molecule has 0 amide bonds. The molecule has 2 heterocycles. The molecule has 2 rings (SSSR count). The van der Waals surface area contributed by atoms with Gasteiger partial charge in [0.05, 0.1) is 17.6 Å². The van der Waals surface area contributed by atoms with Gasteiger partial charge in [-0.05, 0) is 31.9 Å². The molecule has 1 fully saturated rings. The highest BCUT2D eigenvalue weighted by Crippen LogP contribution is 2.26. The highest BCUT2D eigenvalue weighted by molar-refractivity contribution is 6.21. The molecule has 0 radical (unpaired) electrons. The van der Waals surface area contributed by atoms with E-state index in [1.165, 1.54) is 0 Å². The highest BCUT2D eigenvalue weighted by atomic mass is 35.5. The van der Waals surface area contributed by atoms with Crippen molar-refractivity contribution in [3.63, 3.8) is 0 Å². The van der Waals surface area contributed by atoms with Crippen molar-refractivity contribution in [2.45, 2.75) is 43.8 Å². The Morgan fingerprint density at radius 1 is 1.53 bits per heavy atom. The Labute approximate surface area is 95.6 Å². The summed E-state index contributed by atoms with van der Waals surface area (Å²) in [7, 11) is 0. The SMILES string of the molecule is CC1CCC(C(Cl)Cc2ccccn2)O1. The normalized spacial score (nSPS) is 27.9. The summed E-state index contributed by atoms with van der Waals surface area (Å²) in [4.78, 5) is 4.27. The van der Waals surface area contributed by atoms with Crippen LogP contribution in [0.1, 0.15) is 25.5 Å². The number of ether oxygens (including phenoxy) is 1. The number of hydrogen-bond donors (Lipinski definition) is 0. The molecule has 1 aliphatic heterocycles. The minimum Gasteiger partial charge on any atom is -0.374 e. The van der Waals surface area contributed by atoms with Crippen molar-refractivity contribution in [3.05, 3.63) is 30.1 Å². The zero-order valence-electron chi connectivity index (χ0n) is 8.90. The molecule has 1 aromatic heterocycles. The first-order valence-electron chi connectivity index (χ1n) is 5.45. The number of halogens is 1. The molecule has 3 atom stereocenters. The van der Waals surface area contributed by atoms with Gasteiger partial charge < -0.3 is 4.74 Å². The first-order valence-corrected chi connectivity index (χ1v) is 5.89. The van der Waals surface area contributed by atoms with Gasteiger partial charge in [-0.15, -0.1) is 11.6 Å². The molecule has 15 heavy (non-hydrogen) atoms. The lowest BCUT2D eigenvalue weighted by Crippen LogP contribution is -2.23. The van der Waals surface area contributed by atoms with Crippen LogP contribution in [0.4, 0.5) is 0 Å². The molecule has 1 aliphatic rings. The van der Waals surface area contributed by atoms with Crippen LogP contribution < -0.4 is 0 Å². The first-order chi connectivity index (χ1) is 7.25. The highest BCUT2D eigenvalue weighted by Gasteiger charge is 2.28. The molecule has 1 aromatic rings. The fraction of sp³-hybridized carbons (Fsp3) is 0.583. The van der Waals surface area contributed by atoms with Crippen LogP contribution in [-0.4, -0.2) is 22.6 Å². The number of pyridine rings is 1. The van der Waals surface area contributed by atoms with E-state index in [1.807, 2.05) is 18.2 Å². The third-order valence-corrected chi connectivity index (χ3v) is 3.23. The molecule has 0 N–H and O–H groups in total. The number of rotatable bonds is 3. The Hall–Kier alpha value is -0.600. The Morgan fingerprint density at radius 2 is 2.40 bits per heavy atom. The molecular weight excluding hydrogens is 210 g/mol. The van der Waals surface area contributed by atoms with Gasteiger partial charge >= 0.3 is 0 Å². The molecule has 0 aromatic carbocycles. The van der Waals surface area contributed by atoms with Crippen LogP contribution >= 0.6 is 11.6 Å². The maximum absolute atomic E-state index is 6.32. The van der Waals surface area contributed by atoms with E-state index in [0.717, 1.165) is 25.0 Å². The van der Waals surface area contributed by atoms with E-state index in [9.17, 15) is 0 Å². The van der Waals surface area contributed by atoms with Gasteiger partial charge in [-0.25, -0.2) is 0 Å². The summed E-state index contributed by atoms with van der Waals surface area (Å²) in [6.45, 7) is 2.10. The standard InChI is InChI=1S/C12H16ClNO/c1-9-5-6-12(15-9)11(13)8-10-4-2-3-7-14-10/h2-4,7,9,11-12H,5-6,8H2,1H3. The minimum atomic E-state index is 0.0462. The molecule has 2 nitrogen and oxygen atoms in total. The summed E-state index contributed by atoms with van der Waals surface area (Å²) < 4.78 is 5.74. The predicted molar refractivity (Wildman–Crippen MR) is 61.2 cm³/mol. The Kier molecular flexibility index (Phi) is 3.60. The summed E-state index contributed by atoms with van der Waals surface area (Å²) in [5.74, 6) is 0. The molecule has 0 aliphatic carbocycles. The average molecular weight is 226 g/mol. The largest absolute Gasteiger partial charge is 0.374 e. The van der Waals surface area contributed by atoms with Crippen molar-refractivity contribution in [2.75, 3.05) is 0 Å². The van der Waals surface area contributed by atoms with Gasteiger partial charge in [-0.2, -0.15) is 0 Å². The predicted octanol–water partition coefficient (Wildman–Crippen LogP) is 2.80. The Bertz CT molecular complexity index is 304. The van der Waals surface area contributed by atoms with Crippen molar-refractivity contribution in [3.8, 4) is 0 Å². The van der Waals surface area contributed by atoms with Crippen LogP contribution in [0.25, 0.3) is 0 Å². The second-order valence-corrected chi connectivity index (χ2v) is 4.66. The van der Waals surface area contributed by atoms with Crippen molar-refractivity contribution < 1.29 is 4.74 Å². The minimum absolute atomic E-state index is 0.0462. The molecule has 3 unspecified atom stereocenters. The fourth-order valence-electron chi connectivity index (χ4n) is 1.95. The number of aromatic nitrogens is 1. The van der Waals surface area contributed by atoms with Gasteiger partial charge in [-0.3, -0.25) is 4.98 Å². The van der Waals surface area contributed by atoms with Crippen LogP contribution in [0.5, 0.6) is 0 Å². The lowest BCUT2D eigenvalue weighted by molar-refractivity contribution is 0.0533. The molecule has 1 saturated heterocycles. The Balaban J connectivity index is 1.90. The van der Waals surface area contributed by atoms with E-state index in [4.69, 9.17) is 16.3 Å². The lowest BCUT2D eigenvalue weighted by Gasteiger charge is -2.16.